The van der Waals surface area contributed by atoms with Crippen LogP contribution in [0.2, 0.25) is 0 Å². The van der Waals surface area contributed by atoms with Gasteiger partial charge in [-0.25, -0.2) is 0 Å². The third-order valence-corrected chi connectivity index (χ3v) is 5.02. The molecule has 0 amide bonds. The molecule has 0 N–H and O–H groups in total. The lowest BCUT2D eigenvalue weighted by atomic mass is 9.63. The maximum Gasteiger partial charge on any atom is 0.307 e. The first kappa shape index (κ1) is 9.23. The topological polar surface area (TPSA) is 35.5 Å². The molecule has 16 heavy (non-hydrogen) atoms. The number of rotatable bonds is 0. The van der Waals surface area contributed by atoms with Crippen molar-refractivity contribution in [2.75, 3.05) is 0 Å². The van der Waals surface area contributed by atoms with E-state index in [1.54, 1.807) is 0 Å². The molecule has 4 rings (SSSR count). The van der Waals surface area contributed by atoms with E-state index in [0.29, 0.717) is 6.42 Å². The number of hydrogen-bond donors (Lipinski definition) is 0. The van der Waals surface area contributed by atoms with Gasteiger partial charge in [-0.2, -0.15) is 0 Å². The Morgan fingerprint density at radius 2 is 2.06 bits per heavy atom. The highest BCUT2D eigenvalue weighted by atomic mass is 16.6. The van der Waals surface area contributed by atoms with Crippen LogP contribution in [0.15, 0.2) is 12.2 Å². The van der Waals surface area contributed by atoms with E-state index < -0.39 is 0 Å². The molecule has 3 aliphatic heterocycles. The van der Waals surface area contributed by atoms with E-state index in [1.807, 2.05) is 0 Å². The van der Waals surface area contributed by atoms with Crippen molar-refractivity contribution in [2.45, 2.75) is 56.3 Å². The summed E-state index contributed by atoms with van der Waals surface area (Å²) in [6.07, 6.45) is 10.7. The molecule has 0 aromatic heterocycles. The Bertz CT molecular complexity index is 381. The van der Waals surface area contributed by atoms with Gasteiger partial charge >= 0.3 is 5.97 Å². The van der Waals surface area contributed by atoms with Gasteiger partial charge in [-0.3, -0.25) is 4.79 Å². The highest BCUT2D eigenvalue weighted by Gasteiger charge is 2.68. The number of fused-ring (bicyclic) bond motifs is 4. The third-order valence-electron chi connectivity index (χ3n) is 5.02. The van der Waals surface area contributed by atoms with Gasteiger partial charge in [-0.15, -0.1) is 0 Å². The van der Waals surface area contributed by atoms with Crippen molar-refractivity contribution in [3.63, 3.8) is 0 Å². The average Bonchev–Trinajstić information content (AvgIpc) is 2.93. The van der Waals surface area contributed by atoms with Gasteiger partial charge in [0.2, 0.25) is 0 Å². The third kappa shape index (κ3) is 0.877. The Balaban J connectivity index is 1.81. The van der Waals surface area contributed by atoms with Crippen LogP contribution in [-0.4, -0.2) is 23.8 Å². The molecule has 2 spiro atoms. The standard InChI is InChI=1S/C13H16O3/c14-11-8-12(7-9-3-4-10(12)15-9)13(16-11)5-1-2-6-13/h3-4,9-10H,1-2,5-8H2. The summed E-state index contributed by atoms with van der Waals surface area (Å²) >= 11 is 0. The predicted molar refractivity (Wildman–Crippen MR) is 56.8 cm³/mol. The van der Waals surface area contributed by atoms with E-state index in [9.17, 15) is 4.79 Å². The molecule has 0 aromatic carbocycles. The molecule has 1 aliphatic carbocycles. The van der Waals surface area contributed by atoms with E-state index >= 15 is 0 Å². The number of esters is 1. The van der Waals surface area contributed by atoms with Gasteiger partial charge in [-0.05, 0) is 32.1 Å². The lowest BCUT2D eigenvalue weighted by molar-refractivity contribution is -0.152. The molecular formula is C13H16O3. The molecule has 3 heteroatoms. The number of carbonyl (C=O) groups excluding carboxylic acids is 1. The van der Waals surface area contributed by atoms with Gasteiger partial charge in [0.25, 0.3) is 0 Å². The molecule has 3 atom stereocenters. The fraction of sp³-hybridized carbons (Fsp3) is 0.769. The fourth-order valence-electron chi connectivity index (χ4n) is 4.35. The molecule has 2 saturated heterocycles. The second kappa shape index (κ2) is 2.70. The minimum atomic E-state index is -0.186. The second-order valence-corrected chi connectivity index (χ2v) is 5.69. The van der Waals surface area contributed by atoms with E-state index in [2.05, 4.69) is 12.2 Å². The Hall–Kier alpha value is -0.830. The smallest absolute Gasteiger partial charge is 0.307 e. The number of ether oxygens (including phenoxy) is 2. The molecule has 3 nitrogen and oxygen atoms in total. The normalized spacial score (nSPS) is 47.4. The van der Waals surface area contributed by atoms with Crippen LogP contribution in [-0.2, 0) is 14.3 Å². The number of carbonyl (C=O) groups is 1. The zero-order valence-corrected chi connectivity index (χ0v) is 9.28. The zero-order valence-electron chi connectivity index (χ0n) is 9.28. The van der Waals surface area contributed by atoms with E-state index in [0.717, 1.165) is 19.3 Å². The van der Waals surface area contributed by atoms with Crippen molar-refractivity contribution in [2.24, 2.45) is 5.41 Å². The van der Waals surface area contributed by atoms with Crippen molar-refractivity contribution >= 4 is 5.97 Å². The highest BCUT2D eigenvalue weighted by Crippen LogP contribution is 2.62. The predicted octanol–water partition coefficient (Wildman–Crippen LogP) is 1.96. The van der Waals surface area contributed by atoms with Crippen LogP contribution in [0.25, 0.3) is 0 Å². The molecule has 3 fully saturated rings. The van der Waals surface area contributed by atoms with Crippen LogP contribution in [0, 0.1) is 5.41 Å². The quantitative estimate of drug-likeness (QED) is 0.462. The van der Waals surface area contributed by atoms with Gasteiger partial charge in [0.1, 0.15) is 5.60 Å². The minimum absolute atomic E-state index is 0.00792. The van der Waals surface area contributed by atoms with Gasteiger partial charge < -0.3 is 9.47 Å². The van der Waals surface area contributed by atoms with E-state index in [4.69, 9.17) is 9.47 Å². The van der Waals surface area contributed by atoms with Crippen molar-refractivity contribution in [1.82, 2.24) is 0 Å². The molecule has 86 valence electrons. The maximum absolute atomic E-state index is 11.7. The summed E-state index contributed by atoms with van der Waals surface area (Å²) in [6, 6.07) is 0. The molecule has 3 heterocycles. The van der Waals surface area contributed by atoms with Crippen molar-refractivity contribution < 1.29 is 14.3 Å². The molecule has 2 bridgehead atoms. The Morgan fingerprint density at radius 3 is 2.69 bits per heavy atom. The Labute approximate surface area is 94.8 Å². The summed E-state index contributed by atoms with van der Waals surface area (Å²) in [5.41, 5.74) is -0.214. The molecule has 4 aliphatic rings. The van der Waals surface area contributed by atoms with Crippen LogP contribution in [0.4, 0.5) is 0 Å². The second-order valence-electron chi connectivity index (χ2n) is 5.69. The van der Waals surface area contributed by atoms with Crippen molar-refractivity contribution in [1.29, 1.82) is 0 Å². The van der Waals surface area contributed by atoms with Crippen LogP contribution in [0.1, 0.15) is 38.5 Å². The lowest BCUT2D eigenvalue weighted by Crippen LogP contribution is -2.48. The fourth-order valence-corrected chi connectivity index (χ4v) is 4.35. The molecule has 1 saturated carbocycles. The van der Waals surface area contributed by atoms with Crippen molar-refractivity contribution in [3.8, 4) is 0 Å². The highest BCUT2D eigenvalue weighted by molar-refractivity contribution is 5.75. The van der Waals surface area contributed by atoms with Crippen LogP contribution >= 0.6 is 0 Å². The van der Waals surface area contributed by atoms with E-state index in [1.165, 1.54) is 12.8 Å². The summed E-state index contributed by atoms with van der Waals surface area (Å²) in [7, 11) is 0. The average molecular weight is 220 g/mol. The van der Waals surface area contributed by atoms with Crippen LogP contribution < -0.4 is 0 Å². The van der Waals surface area contributed by atoms with Gasteiger partial charge in [-0.1, -0.05) is 12.2 Å². The lowest BCUT2D eigenvalue weighted by Gasteiger charge is -2.40. The Morgan fingerprint density at radius 1 is 1.25 bits per heavy atom. The molecule has 0 radical (unpaired) electrons. The minimum Gasteiger partial charge on any atom is -0.458 e. The van der Waals surface area contributed by atoms with E-state index in [-0.39, 0.29) is 29.2 Å². The van der Waals surface area contributed by atoms with Crippen LogP contribution in [0.3, 0.4) is 0 Å². The summed E-state index contributed by atoms with van der Waals surface area (Å²) in [5.74, 6) is -0.00792. The van der Waals surface area contributed by atoms with Gasteiger partial charge in [0, 0.05) is 0 Å². The van der Waals surface area contributed by atoms with Gasteiger partial charge in [0.15, 0.2) is 0 Å². The summed E-state index contributed by atoms with van der Waals surface area (Å²) < 4.78 is 11.6. The first-order valence-corrected chi connectivity index (χ1v) is 6.30. The molecular weight excluding hydrogens is 204 g/mol. The zero-order chi connectivity index (χ0) is 10.8. The summed E-state index contributed by atoms with van der Waals surface area (Å²) in [4.78, 5) is 11.7. The number of hydrogen-bond acceptors (Lipinski definition) is 3. The summed E-state index contributed by atoms with van der Waals surface area (Å²) in [5, 5.41) is 0. The molecule has 0 aromatic rings. The van der Waals surface area contributed by atoms with Gasteiger partial charge in [0.05, 0.1) is 24.0 Å². The maximum atomic E-state index is 11.7. The molecule has 3 unspecified atom stereocenters. The van der Waals surface area contributed by atoms with Crippen molar-refractivity contribution in [3.05, 3.63) is 12.2 Å². The Kier molecular flexibility index (Phi) is 1.56. The van der Waals surface area contributed by atoms with Crippen LogP contribution in [0.5, 0.6) is 0 Å². The first-order valence-electron chi connectivity index (χ1n) is 6.30. The monoisotopic (exact) mass is 220 g/mol. The first-order chi connectivity index (χ1) is 7.74. The largest absolute Gasteiger partial charge is 0.458 e. The summed E-state index contributed by atoms with van der Waals surface area (Å²) in [6.45, 7) is 0. The SMILES string of the molecule is O=C1CC2(CC3C=CC2O3)C2(CCCC2)O1.